The van der Waals surface area contributed by atoms with Gasteiger partial charge in [0.1, 0.15) is 11.1 Å². The third-order valence-corrected chi connectivity index (χ3v) is 3.32. The Morgan fingerprint density at radius 3 is 2.75 bits per heavy atom. The Kier molecular flexibility index (Phi) is 2.63. The third-order valence-electron chi connectivity index (χ3n) is 3.32. The van der Waals surface area contributed by atoms with Crippen LogP contribution in [0.3, 0.4) is 0 Å². The van der Waals surface area contributed by atoms with Crippen LogP contribution in [0, 0.1) is 5.82 Å². The summed E-state index contributed by atoms with van der Waals surface area (Å²) < 4.78 is 15.1. The molecule has 1 aliphatic rings. The summed E-state index contributed by atoms with van der Waals surface area (Å²) in [5, 5.41) is 9.05. The first kappa shape index (κ1) is 12.5. The summed E-state index contributed by atoms with van der Waals surface area (Å²) in [6.07, 6.45) is 3.81. The maximum absolute atomic E-state index is 13.6. The molecule has 1 saturated carbocycles. The quantitative estimate of drug-likeness (QED) is 0.855. The van der Waals surface area contributed by atoms with Gasteiger partial charge in [0.2, 0.25) is 5.43 Å². The van der Waals surface area contributed by atoms with Crippen LogP contribution in [0.5, 0.6) is 0 Å². The SMILES string of the molecule is O=Cc1c(F)cnc2c(=O)c(C(=O)O)cn(C3CC3)c12. The van der Waals surface area contributed by atoms with E-state index in [1.165, 1.54) is 10.8 Å². The number of hydrogen-bond acceptors (Lipinski definition) is 4. The van der Waals surface area contributed by atoms with Gasteiger partial charge in [0.05, 0.1) is 17.3 Å². The Bertz CT molecular complexity index is 808. The number of pyridine rings is 2. The van der Waals surface area contributed by atoms with Crippen LogP contribution in [0.15, 0.2) is 17.2 Å². The van der Waals surface area contributed by atoms with Gasteiger partial charge in [-0.1, -0.05) is 0 Å². The van der Waals surface area contributed by atoms with Gasteiger partial charge in [-0.15, -0.1) is 0 Å². The van der Waals surface area contributed by atoms with Crippen LogP contribution in [0.25, 0.3) is 11.0 Å². The zero-order valence-corrected chi connectivity index (χ0v) is 10.2. The molecule has 1 N–H and O–H groups in total. The van der Waals surface area contributed by atoms with Crippen molar-refractivity contribution in [1.82, 2.24) is 9.55 Å². The summed E-state index contributed by atoms with van der Waals surface area (Å²) in [5.74, 6) is -2.20. The van der Waals surface area contributed by atoms with Gasteiger partial charge in [0, 0.05) is 12.2 Å². The highest BCUT2D eigenvalue weighted by molar-refractivity contribution is 5.97. The number of aromatic nitrogens is 2. The van der Waals surface area contributed by atoms with Crippen LogP contribution < -0.4 is 5.43 Å². The molecule has 2 aromatic rings. The minimum absolute atomic E-state index is 0.0292. The molecule has 20 heavy (non-hydrogen) atoms. The number of aldehydes is 1. The molecule has 0 saturated heterocycles. The molecule has 0 unspecified atom stereocenters. The largest absolute Gasteiger partial charge is 0.477 e. The molecule has 1 aliphatic carbocycles. The van der Waals surface area contributed by atoms with Crippen molar-refractivity contribution >= 4 is 23.3 Å². The average Bonchev–Trinajstić information content (AvgIpc) is 3.23. The van der Waals surface area contributed by atoms with Crippen molar-refractivity contribution in [2.24, 2.45) is 0 Å². The fraction of sp³-hybridized carbons (Fsp3) is 0.231. The molecule has 0 bridgehead atoms. The lowest BCUT2D eigenvalue weighted by Gasteiger charge is -2.12. The molecule has 0 radical (unpaired) electrons. The van der Waals surface area contributed by atoms with Crippen LogP contribution >= 0.6 is 0 Å². The van der Waals surface area contributed by atoms with Crippen molar-refractivity contribution in [2.75, 3.05) is 0 Å². The van der Waals surface area contributed by atoms with E-state index in [0.717, 1.165) is 19.0 Å². The van der Waals surface area contributed by atoms with Gasteiger partial charge in [0.25, 0.3) is 0 Å². The molecular formula is C13H9FN2O4. The van der Waals surface area contributed by atoms with Crippen molar-refractivity contribution in [3.8, 4) is 0 Å². The molecule has 1 fully saturated rings. The number of carboxylic acids is 1. The van der Waals surface area contributed by atoms with E-state index in [4.69, 9.17) is 5.11 Å². The summed E-state index contributed by atoms with van der Waals surface area (Å²) in [5.41, 5.74) is -1.64. The van der Waals surface area contributed by atoms with Crippen LogP contribution in [-0.2, 0) is 0 Å². The molecule has 0 amide bonds. The number of carbonyl (C=O) groups is 2. The van der Waals surface area contributed by atoms with Crippen molar-refractivity contribution in [3.05, 3.63) is 39.6 Å². The first-order chi connectivity index (χ1) is 9.54. The number of carboxylic acid groups (broad SMARTS) is 1. The molecule has 2 aromatic heterocycles. The molecule has 0 atom stereocenters. The first-order valence-corrected chi connectivity index (χ1v) is 5.96. The minimum Gasteiger partial charge on any atom is -0.477 e. The maximum atomic E-state index is 13.6. The number of halogens is 1. The summed E-state index contributed by atoms with van der Waals surface area (Å²) in [4.78, 5) is 37.9. The molecular weight excluding hydrogens is 267 g/mol. The number of hydrogen-bond donors (Lipinski definition) is 1. The van der Waals surface area contributed by atoms with Crippen LogP contribution in [-0.4, -0.2) is 26.9 Å². The predicted octanol–water partition coefficient (Wildman–Crippen LogP) is 1.38. The van der Waals surface area contributed by atoms with Gasteiger partial charge in [-0.05, 0) is 12.8 Å². The number of rotatable bonds is 3. The van der Waals surface area contributed by atoms with Gasteiger partial charge < -0.3 is 9.67 Å². The van der Waals surface area contributed by atoms with Gasteiger partial charge in [-0.25, -0.2) is 14.2 Å². The molecule has 0 aliphatic heterocycles. The van der Waals surface area contributed by atoms with Gasteiger partial charge in [0.15, 0.2) is 12.1 Å². The van der Waals surface area contributed by atoms with Crippen molar-refractivity contribution in [1.29, 1.82) is 0 Å². The highest BCUT2D eigenvalue weighted by Crippen LogP contribution is 2.37. The van der Waals surface area contributed by atoms with E-state index >= 15 is 0 Å². The molecule has 2 heterocycles. The van der Waals surface area contributed by atoms with E-state index in [1.54, 1.807) is 0 Å². The van der Waals surface area contributed by atoms with E-state index in [-0.39, 0.29) is 22.6 Å². The van der Waals surface area contributed by atoms with E-state index in [0.29, 0.717) is 6.29 Å². The summed E-state index contributed by atoms with van der Waals surface area (Å²) in [7, 11) is 0. The highest BCUT2D eigenvalue weighted by atomic mass is 19.1. The normalized spacial score (nSPS) is 14.4. The van der Waals surface area contributed by atoms with Crippen molar-refractivity contribution < 1.29 is 19.1 Å². The Balaban J connectivity index is 2.52. The van der Waals surface area contributed by atoms with E-state index in [1.807, 2.05) is 0 Å². The fourth-order valence-corrected chi connectivity index (χ4v) is 2.22. The molecule has 0 aromatic carbocycles. The van der Waals surface area contributed by atoms with Gasteiger partial charge >= 0.3 is 5.97 Å². The van der Waals surface area contributed by atoms with Crippen molar-refractivity contribution in [2.45, 2.75) is 18.9 Å². The Morgan fingerprint density at radius 1 is 1.50 bits per heavy atom. The first-order valence-electron chi connectivity index (χ1n) is 5.96. The molecule has 102 valence electrons. The molecule has 6 nitrogen and oxygen atoms in total. The second-order valence-corrected chi connectivity index (χ2v) is 4.65. The zero-order chi connectivity index (χ0) is 14.4. The maximum Gasteiger partial charge on any atom is 0.341 e. The Morgan fingerprint density at radius 2 is 2.20 bits per heavy atom. The van der Waals surface area contributed by atoms with E-state index < -0.39 is 22.8 Å². The standard InChI is InChI=1S/C13H9FN2O4/c14-9-3-15-10-11(8(9)5-17)16(6-1-2-6)4-7(12(10)18)13(19)20/h3-6H,1-2H2,(H,19,20). The minimum atomic E-state index is -1.37. The average molecular weight is 276 g/mol. The third kappa shape index (κ3) is 1.70. The summed E-state index contributed by atoms with van der Waals surface area (Å²) in [6.45, 7) is 0. The van der Waals surface area contributed by atoms with Gasteiger partial charge in [-0.3, -0.25) is 9.59 Å². The lowest BCUT2D eigenvalue weighted by Crippen LogP contribution is -2.20. The summed E-state index contributed by atoms with van der Waals surface area (Å²) >= 11 is 0. The second-order valence-electron chi connectivity index (χ2n) is 4.65. The van der Waals surface area contributed by atoms with Crippen molar-refractivity contribution in [3.63, 3.8) is 0 Å². The number of aromatic carboxylic acids is 1. The fourth-order valence-electron chi connectivity index (χ4n) is 2.22. The Labute approximate surface area is 111 Å². The van der Waals surface area contributed by atoms with Crippen LogP contribution in [0.2, 0.25) is 0 Å². The molecule has 7 heteroatoms. The Hall–Kier alpha value is -2.57. The lowest BCUT2D eigenvalue weighted by atomic mass is 10.1. The second kappa shape index (κ2) is 4.22. The monoisotopic (exact) mass is 276 g/mol. The number of nitrogens with zero attached hydrogens (tertiary/aromatic N) is 2. The molecule has 0 spiro atoms. The highest BCUT2D eigenvalue weighted by Gasteiger charge is 2.29. The van der Waals surface area contributed by atoms with E-state index in [2.05, 4.69) is 4.98 Å². The van der Waals surface area contributed by atoms with Crippen LogP contribution in [0.4, 0.5) is 4.39 Å². The van der Waals surface area contributed by atoms with E-state index in [9.17, 15) is 18.8 Å². The van der Waals surface area contributed by atoms with Gasteiger partial charge in [-0.2, -0.15) is 0 Å². The predicted molar refractivity (Wildman–Crippen MR) is 66.6 cm³/mol. The lowest BCUT2D eigenvalue weighted by molar-refractivity contribution is 0.0694. The summed E-state index contributed by atoms with van der Waals surface area (Å²) in [6, 6.07) is -0.0292. The smallest absolute Gasteiger partial charge is 0.341 e. The number of fused-ring (bicyclic) bond motifs is 1. The topological polar surface area (TPSA) is 89.3 Å². The molecule has 3 rings (SSSR count). The number of carbonyl (C=O) groups excluding carboxylic acids is 1. The van der Waals surface area contributed by atoms with Crippen LogP contribution in [0.1, 0.15) is 39.6 Å². The zero-order valence-electron chi connectivity index (χ0n) is 10.2.